The lowest BCUT2D eigenvalue weighted by atomic mass is 9.99. The summed E-state index contributed by atoms with van der Waals surface area (Å²) in [5.74, 6) is -4.56. The molecule has 0 amide bonds. The minimum Gasteiger partial charge on any atom is -0.490 e. The summed E-state index contributed by atoms with van der Waals surface area (Å²) in [5, 5.41) is 52.4. The van der Waals surface area contributed by atoms with Crippen molar-refractivity contribution in [3.05, 3.63) is 28.3 Å². The lowest BCUT2D eigenvalue weighted by Crippen LogP contribution is -2.75. The van der Waals surface area contributed by atoms with E-state index in [1.165, 1.54) is 18.1 Å². The van der Waals surface area contributed by atoms with Crippen LogP contribution in [0.2, 0.25) is 0 Å². The van der Waals surface area contributed by atoms with Crippen LogP contribution in [0.3, 0.4) is 0 Å². The molecular weight excluding hydrogens is 396 g/mol. The number of likely N-dealkylation sites (N-methyl/N-ethyl adjacent to an activating group) is 1. The zero-order chi connectivity index (χ0) is 22.7. The van der Waals surface area contributed by atoms with Gasteiger partial charge in [0.1, 0.15) is 0 Å². The summed E-state index contributed by atoms with van der Waals surface area (Å²) in [6, 6.07) is 4.18. The van der Waals surface area contributed by atoms with Crippen LogP contribution in [0.15, 0.2) is 18.2 Å². The van der Waals surface area contributed by atoms with Crippen LogP contribution in [0, 0.1) is 10.1 Å². The maximum absolute atomic E-state index is 11.0. The van der Waals surface area contributed by atoms with Crippen LogP contribution >= 0.6 is 0 Å². The molecule has 4 N–H and O–H groups in total. The van der Waals surface area contributed by atoms with E-state index in [0.29, 0.717) is 25.9 Å². The zero-order valence-corrected chi connectivity index (χ0v) is 17.9. The molecule has 30 heavy (non-hydrogen) atoms. The molecule has 1 aromatic carbocycles. The molecule has 0 aliphatic carbocycles. The number of β-amino-alcohol motifs (C(OH)–C–C–N with tert-alkyl or cyclic N) is 4. The summed E-state index contributed by atoms with van der Waals surface area (Å²) < 4.78 is 5.11. The molecule has 2 aliphatic heterocycles. The average Bonchev–Trinajstić information content (AvgIpc) is 2.67. The number of ether oxygens (including phenoxy) is 1. The van der Waals surface area contributed by atoms with E-state index in [4.69, 9.17) is 4.74 Å². The van der Waals surface area contributed by atoms with Crippen LogP contribution in [0.25, 0.3) is 0 Å². The second-order valence-electron chi connectivity index (χ2n) is 7.42. The molecule has 0 aromatic heterocycles. The van der Waals surface area contributed by atoms with E-state index >= 15 is 0 Å². The number of nitro groups is 1. The molecule has 170 valence electrons. The standard InChI is InChI=1S/C17H26N4O7.C2H6/c1-18-10-16(22,23)20(17(24,25)11-18)12-5-7-19(8-6-12)13-3-4-14(21(26)27)15(9-13)28-2;1-2/h3-4,9,12,22-25H,5-8,10-11H2,1-2H3;1-2H3. The Morgan fingerprint density at radius 3 is 2.10 bits per heavy atom. The summed E-state index contributed by atoms with van der Waals surface area (Å²) >= 11 is 0. The molecule has 0 radical (unpaired) electrons. The Kier molecular flexibility index (Phi) is 7.61. The van der Waals surface area contributed by atoms with Gasteiger partial charge in [0.2, 0.25) is 11.8 Å². The van der Waals surface area contributed by atoms with E-state index < -0.39 is 22.8 Å². The number of benzene rings is 1. The van der Waals surface area contributed by atoms with E-state index in [2.05, 4.69) is 0 Å². The predicted molar refractivity (Wildman–Crippen MR) is 110 cm³/mol. The summed E-state index contributed by atoms with van der Waals surface area (Å²) in [6.45, 7) is 4.75. The van der Waals surface area contributed by atoms with Gasteiger partial charge in [-0.1, -0.05) is 13.8 Å². The van der Waals surface area contributed by atoms with Crippen molar-refractivity contribution in [2.45, 2.75) is 44.6 Å². The van der Waals surface area contributed by atoms with Crippen molar-refractivity contribution in [2.24, 2.45) is 0 Å². The Balaban J connectivity index is 0.00000155. The average molecular weight is 428 g/mol. The first kappa shape index (κ1) is 24.3. The van der Waals surface area contributed by atoms with E-state index in [1.807, 2.05) is 18.7 Å². The molecule has 0 unspecified atom stereocenters. The smallest absolute Gasteiger partial charge is 0.311 e. The fourth-order valence-electron chi connectivity index (χ4n) is 4.20. The molecule has 2 heterocycles. The predicted octanol–water partition coefficient (Wildman–Crippen LogP) is 0.123. The molecule has 0 spiro atoms. The SMILES string of the molecule is CC.COc1cc(N2CCC(N3C(O)(O)CN(C)CC3(O)O)CC2)ccc1[N+](=O)[O-]. The number of nitro benzene ring substituents is 1. The third kappa shape index (κ3) is 4.99. The largest absolute Gasteiger partial charge is 0.490 e. The third-order valence-electron chi connectivity index (χ3n) is 5.29. The quantitative estimate of drug-likeness (QED) is 0.297. The normalized spacial score (nSPS) is 22.2. The number of methoxy groups -OCH3 is 1. The van der Waals surface area contributed by atoms with Crippen LogP contribution in [0.1, 0.15) is 26.7 Å². The topological polar surface area (TPSA) is 143 Å². The molecule has 2 aliphatic rings. The van der Waals surface area contributed by atoms with Gasteiger partial charge in [-0.2, -0.15) is 4.90 Å². The Hall–Kier alpha value is -2.02. The van der Waals surface area contributed by atoms with Crippen molar-refractivity contribution in [2.75, 3.05) is 45.2 Å². The Bertz CT molecular complexity index is 718. The third-order valence-corrected chi connectivity index (χ3v) is 5.29. The molecular formula is C19H32N4O7. The van der Waals surface area contributed by atoms with Crippen LogP contribution in [0.4, 0.5) is 11.4 Å². The maximum Gasteiger partial charge on any atom is 0.311 e. The van der Waals surface area contributed by atoms with E-state index in [1.54, 1.807) is 19.2 Å². The van der Waals surface area contributed by atoms with Gasteiger partial charge in [-0.15, -0.1) is 0 Å². The van der Waals surface area contributed by atoms with Crippen LogP contribution < -0.4 is 9.64 Å². The van der Waals surface area contributed by atoms with Gasteiger partial charge < -0.3 is 30.1 Å². The lowest BCUT2D eigenvalue weighted by Gasteiger charge is -2.54. The Morgan fingerprint density at radius 2 is 1.63 bits per heavy atom. The number of piperazine rings is 1. The van der Waals surface area contributed by atoms with Crippen molar-refractivity contribution in [1.29, 1.82) is 0 Å². The van der Waals surface area contributed by atoms with Crippen molar-refractivity contribution in [3.8, 4) is 5.75 Å². The van der Waals surface area contributed by atoms with Gasteiger partial charge in [-0.05, 0) is 26.0 Å². The molecule has 11 nitrogen and oxygen atoms in total. The highest BCUT2D eigenvalue weighted by Gasteiger charge is 2.54. The van der Waals surface area contributed by atoms with E-state index in [-0.39, 0.29) is 24.5 Å². The summed E-state index contributed by atoms with van der Waals surface area (Å²) in [4.78, 5) is 14.9. The second-order valence-corrected chi connectivity index (χ2v) is 7.42. The first-order chi connectivity index (χ1) is 14.0. The highest BCUT2D eigenvalue weighted by Crippen LogP contribution is 2.35. The Morgan fingerprint density at radius 1 is 1.10 bits per heavy atom. The number of hydrogen-bond acceptors (Lipinski definition) is 10. The van der Waals surface area contributed by atoms with Crippen LogP contribution in [-0.2, 0) is 0 Å². The zero-order valence-electron chi connectivity index (χ0n) is 17.9. The molecule has 11 heteroatoms. The highest BCUT2D eigenvalue weighted by atomic mass is 16.6. The lowest BCUT2D eigenvalue weighted by molar-refractivity contribution is -0.422. The van der Waals surface area contributed by atoms with Crippen molar-refractivity contribution >= 4 is 11.4 Å². The van der Waals surface area contributed by atoms with Crippen molar-refractivity contribution in [3.63, 3.8) is 0 Å². The molecule has 0 saturated carbocycles. The summed E-state index contributed by atoms with van der Waals surface area (Å²) in [6.07, 6.45) is 0.906. The fourth-order valence-corrected chi connectivity index (χ4v) is 4.20. The van der Waals surface area contributed by atoms with E-state index in [9.17, 15) is 30.5 Å². The van der Waals surface area contributed by atoms with E-state index in [0.717, 1.165) is 10.6 Å². The van der Waals surface area contributed by atoms with Gasteiger partial charge in [0.25, 0.3) is 0 Å². The van der Waals surface area contributed by atoms with Crippen LogP contribution in [0.5, 0.6) is 5.75 Å². The van der Waals surface area contributed by atoms with Gasteiger partial charge in [0.15, 0.2) is 5.75 Å². The number of rotatable bonds is 4. The molecule has 0 atom stereocenters. The molecule has 2 fully saturated rings. The number of hydrogen-bond donors (Lipinski definition) is 4. The first-order valence-corrected chi connectivity index (χ1v) is 10.00. The van der Waals surface area contributed by atoms with Gasteiger partial charge in [-0.3, -0.25) is 15.0 Å². The number of piperidine rings is 1. The van der Waals surface area contributed by atoms with Crippen molar-refractivity contribution in [1.82, 2.24) is 9.80 Å². The second kappa shape index (κ2) is 9.41. The molecule has 1 aromatic rings. The highest BCUT2D eigenvalue weighted by molar-refractivity contribution is 5.59. The number of anilines is 1. The Labute approximate surface area is 175 Å². The summed E-state index contributed by atoms with van der Waals surface area (Å²) in [5.41, 5.74) is 0.632. The minimum absolute atomic E-state index is 0.116. The number of aliphatic hydroxyl groups is 4. The molecule has 2 saturated heterocycles. The maximum atomic E-state index is 11.0. The van der Waals surface area contributed by atoms with Crippen LogP contribution in [-0.4, -0.2) is 93.3 Å². The molecule has 0 bridgehead atoms. The number of nitrogens with zero attached hydrogens (tertiary/aromatic N) is 4. The summed E-state index contributed by atoms with van der Waals surface area (Å²) in [7, 11) is 2.94. The minimum atomic E-state index is -2.36. The van der Waals surface area contributed by atoms with Gasteiger partial charge in [-0.25, -0.2) is 0 Å². The fraction of sp³-hybridized carbons (Fsp3) is 0.684. The van der Waals surface area contributed by atoms with Gasteiger partial charge in [0.05, 0.1) is 25.1 Å². The van der Waals surface area contributed by atoms with Gasteiger partial charge in [0, 0.05) is 37.0 Å². The monoisotopic (exact) mass is 428 g/mol. The van der Waals surface area contributed by atoms with Gasteiger partial charge >= 0.3 is 5.69 Å². The molecule has 3 rings (SSSR count). The first-order valence-electron chi connectivity index (χ1n) is 10.00. The van der Waals surface area contributed by atoms with Crippen molar-refractivity contribution < 1.29 is 30.1 Å².